The molecule has 0 saturated heterocycles. The standard InChI is InChI=1S/C19H22N2O4S/c1-25-18(22)19(11-12-19)15-4-8-17(9-5-15)26(23,24)21-13-10-14-2-6-16(20)7-3-14/h2-9,21H,10-13,20H2,1H3. The molecule has 0 aliphatic heterocycles. The van der Waals surface area contributed by atoms with Gasteiger partial charge in [-0.3, -0.25) is 4.79 Å². The van der Waals surface area contributed by atoms with Gasteiger partial charge in [0.05, 0.1) is 17.4 Å². The smallest absolute Gasteiger partial charge is 0.316 e. The maximum absolute atomic E-state index is 12.4. The van der Waals surface area contributed by atoms with Crippen molar-refractivity contribution in [1.29, 1.82) is 0 Å². The normalized spacial score (nSPS) is 15.4. The van der Waals surface area contributed by atoms with E-state index in [0.29, 0.717) is 18.7 Å². The Labute approximate surface area is 153 Å². The van der Waals surface area contributed by atoms with Gasteiger partial charge in [0.15, 0.2) is 0 Å². The van der Waals surface area contributed by atoms with E-state index in [1.165, 1.54) is 19.2 Å². The van der Waals surface area contributed by atoms with E-state index in [1.54, 1.807) is 24.3 Å². The number of carbonyl (C=O) groups is 1. The summed E-state index contributed by atoms with van der Waals surface area (Å²) >= 11 is 0. The molecule has 0 bridgehead atoms. The highest BCUT2D eigenvalue weighted by Crippen LogP contribution is 2.49. The summed E-state index contributed by atoms with van der Waals surface area (Å²) in [5.41, 5.74) is 7.52. The third kappa shape index (κ3) is 3.73. The number of carbonyl (C=O) groups excluding carboxylic acids is 1. The minimum atomic E-state index is -3.60. The molecule has 0 amide bonds. The topological polar surface area (TPSA) is 98.5 Å². The number of nitrogen functional groups attached to an aromatic ring is 1. The van der Waals surface area contributed by atoms with Crippen LogP contribution in [0.2, 0.25) is 0 Å². The highest BCUT2D eigenvalue weighted by Gasteiger charge is 2.52. The van der Waals surface area contributed by atoms with E-state index < -0.39 is 15.4 Å². The summed E-state index contributed by atoms with van der Waals surface area (Å²) in [6, 6.07) is 13.8. The van der Waals surface area contributed by atoms with Gasteiger partial charge in [-0.2, -0.15) is 0 Å². The molecule has 26 heavy (non-hydrogen) atoms. The van der Waals surface area contributed by atoms with Crippen LogP contribution in [-0.4, -0.2) is 28.0 Å². The second-order valence-corrected chi connectivity index (χ2v) is 8.25. The first-order valence-corrected chi connectivity index (χ1v) is 9.89. The Balaban J connectivity index is 1.64. The third-order valence-electron chi connectivity index (χ3n) is 4.73. The maximum Gasteiger partial charge on any atom is 0.316 e. The molecule has 2 aromatic carbocycles. The van der Waals surface area contributed by atoms with Crippen LogP contribution in [-0.2, 0) is 31.4 Å². The van der Waals surface area contributed by atoms with Gasteiger partial charge < -0.3 is 10.5 Å². The maximum atomic E-state index is 12.4. The molecular formula is C19H22N2O4S. The number of methoxy groups -OCH3 is 1. The monoisotopic (exact) mass is 374 g/mol. The van der Waals surface area contributed by atoms with Gasteiger partial charge in [0.1, 0.15) is 0 Å². The van der Waals surface area contributed by atoms with Gasteiger partial charge in [-0.05, 0) is 54.7 Å². The largest absolute Gasteiger partial charge is 0.468 e. The highest BCUT2D eigenvalue weighted by atomic mass is 32.2. The molecule has 1 aliphatic carbocycles. The van der Waals surface area contributed by atoms with E-state index >= 15 is 0 Å². The number of nitrogens with two attached hydrogens (primary N) is 1. The fraction of sp³-hybridized carbons (Fsp3) is 0.316. The minimum Gasteiger partial charge on any atom is -0.468 e. The van der Waals surface area contributed by atoms with Gasteiger partial charge in [0.25, 0.3) is 0 Å². The van der Waals surface area contributed by atoms with Crippen molar-refractivity contribution in [1.82, 2.24) is 4.72 Å². The van der Waals surface area contributed by atoms with E-state index in [1.807, 2.05) is 12.1 Å². The van der Waals surface area contributed by atoms with Crippen LogP contribution in [0.5, 0.6) is 0 Å². The molecule has 0 aromatic heterocycles. The number of anilines is 1. The summed E-state index contributed by atoms with van der Waals surface area (Å²) in [5.74, 6) is -0.269. The van der Waals surface area contributed by atoms with Gasteiger partial charge in [-0.15, -0.1) is 0 Å². The summed E-state index contributed by atoms with van der Waals surface area (Å²) in [4.78, 5) is 12.1. The Morgan fingerprint density at radius 3 is 2.27 bits per heavy atom. The first kappa shape index (κ1) is 18.4. The SMILES string of the molecule is COC(=O)C1(c2ccc(S(=O)(=O)NCCc3ccc(N)cc3)cc2)CC1. The molecule has 1 fully saturated rings. The molecule has 6 nitrogen and oxygen atoms in total. The van der Waals surface area contributed by atoms with E-state index in [2.05, 4.69) is 4.72 Å². The lowest BCUT2D eigenvalue weighted by Gasteiger charge is -2.14. The zero-order valence-electron chi connectivity index (χ0n) is 14.6. The average molecular weight is 374 g/mol. The van der Waals surface area contributed by atoms with Crippen LogP contribution in [0.1, 0.15) is 24.0 Å². The van der Waals surface area contributed by atoms with Crippen molar-refractivity contribution < 1.29 is 17.9 Å². The molecule has 138 valence electrons. The van der Waals surface area contributed by atoms with Crippen molar-refractivity contribution in [2.24, 2.45) is 0 Å². The van der Waals surface area contributed by atoms with Gasteiger partial charge in [-0.1, -0.05) is 24.3 Å². The van der Waals surface area contributed by atoms with E-state index in [0.717, 1.165) is 24.0 Å². The van der Waals surface area contributed by atoms with Crippen molar-refractivity contribution in [3.05, 3.63) is 59.7 Å². The first-order chi connectivity index (χ1) is 12.4. The molecule has 0 unspecified atom stereocenters. The molecule has 3 rings (SSSR count). The number of rotatable bonds is 7. The number of hydrogen-bond acceptors (Lipinski definition) is 5. The van der Waals surface area contributed by atoms with E-state index in [4.69, 9.17) is 10.5 Å². The van der Waals surface area contributed by atoms with Gasteiger partial charge >= 0.3 is 5.97 Å². The number of hydrogen-bond donors (Lipinski definition) is 2. The summed E-state index contributed by atoms with van der Waals surface area (Å²) in [7, 11) is -2.23. The summed E-state index contributed by atoms with van der Waals surface area (Å²) in [6.07, 6.45) is 2.03. The molecule has 1 saturated carbocycles. The van der Waals surface area contributed by atoms with Gasteiger partial charge in [-0.25, -0.2) is 13.1 Å². The second kappa shape index (κ2) is 7.09. The van der Waals surface area contributed by atoms with Gasteiger partial charge in [0, 0.05) is 12.2 Å². The molecule has 0 spiro atoms. The Morgan fingerprint density at radius 1 is 1.12 bits per heavy atom. The predicted octanol–water partition coefficient (Wildman–Crippen LogP) is 1.99. The minimum absolute atomic E-state index is 0.180. The van der Waals surface area contributed by atoms with E-state index in [-0.39, 0.29) is 10.9 Å². The van der Waals surface area contributed by atoms with Crippen molar-refractivity contribution >= 4 is 21.7 Å². The Hall–Kier alpha value is -2.38. The van der Waals surface area contributed by atoms with Crippen molar-refractivity contribution in [2.45, 2.75) is 29.6 Å². The first-order valence-electron chi connectivity index (χ1n) is 8.40. The quantitative estimate of drug-likeness (QED) is 0.570. The molecule has 0 heterocycles. The number of nitrogens with one attached hydrogen (secondary N) is 1. The molecule has 7 heteroatoms. The lowest BCUT2D eigenvalue weighted by molar-refractivity contribution is -0.143. The van der Waals surface area contributed by atoms with Crippen LogP contribution in [0.3, 0.4) is 0 Å². The molecule has 0 radical (unpaired) electrons. The van der Waals surface area contributed by atoms with Crippen molar-refractivity contribution in [3.63, 3.8) is 0 Å². The summed E-state index contributed by atoms with van der Waals surface area (Å²) < 4.78 is 32.3. The lowest BCUT2D eigenvalue weighted by atomic mass is 9.96. The van der Waals surface area contributed by atoms with Crippen molar-refractivity contribution in [2.75, 3.05) is 19.4 Å². The Bertz CT molecular complexity index is 886. The summed E-state index contributed by atoms with van der Waals surface area (Å²) in [5, 5.41) is 0. The lowest BCUT2D eigenvalue weighted by Crippen LogP contribution is -2.26. The molecule has 1 aliphatic rings. The fourth-order valence-electron chi connectivity index (χ4n) is 2.98. The number of sulfonamides is 1. The van der Waals surface area contributed by atoms with Crippen molar-refractivity contribution in [3.8, 4) is 0 Å². The third-order valence-corrected chi connectivity index (χ3v) is 6.21. The highest BCUT2D eigenvalue weighted by molar-refractivity contribution is 7.89. The Kier molecular flexibility index (Phi) is 5.02. The Morgan fingerprint density at radius 2 is 1.73 bits per heavy atom. The van der Waals surface area contributed by atoms with Gasteiger partial charge in [0.2, 0.25) is 10.0 Å². The molecule has 2 aromatic rings. The molecule has 3 N–H and O–H groups in total. The van der Waals surface area contributed by atoms with Crippen LogP contribution in [0, 0.1) is 0 Å². The zero-order valence-corrected chi connectivity index (χ0v) is 15.4. The number of esters is 1. The average Bonchev–Trinajstić information content (AvgIpc) is 3.45. The van der Waals surface area contributed by atoms with E-state index in [9.17, 15) is 13.2 Å². The van der Waals surface area contributed by atoms with Crippen LogP contribution in [0.15, 0.2) is 53.4 Å². The molecule has 0 atom stereocenters. The van der Waals surface area contributed by atoms with Crippen LogP contribution in [0.25, 0.3) is 0 Å². The predicted molar refractivity (Wildman–Crippen MR) is 99.1 cm³/mol. The number of benzene rings is 2. The van der Waals surface area contributed by atoms with Crippen LogP contribution < -0.4 is 10.5 Å². The fourth-order valence-corrected chi connectivity index (χ4v) is 4.01. The number of ether oxygens (including phenoxy) is 1. The van der Waals surface area contributed by atoms with Crippen LogP contribution >= 0.6 is 0 Å². The second-order valence-electron chi connectivity index (χ2n) is 6.49. The van der Waals surface area contributed by atoms with Crippen LogP contribution in [0.4, 0.5) is 5.69 Å². The summed E-state index contributed by atoms with van der Waals surface area (Å²) in [6.45, 7) is 0.292. The molecular weight excluding hydrogens is 352 g/mol. The zero-order chi connectivity index (χ0) is 18.8.